The second kappa shape index (κ2) is 8.01. The van der Waals surface area contributed by atoms with E-state index in [1.807, 2.05) is 18.2 Å². The van der Waals surface area contributed by atoms with Crippen molar-refractivity contribution in [1.82, 2.24) is 9.97 Å². The molecule has 0 aliphatic rings. The molecule has 0 spiro atoms. The average Bonchev–Trinajstić information content (AvgIpc) is 2.72. The minimum absolute atomic E-state index is 0.102. The quantitative estimate of drug-likeness (QED) is 0.463. The van der Waals surface area contributed by atoms with Crippen LogP contribution in [0.3, 0.4) is 0 Å². The molecular formula is C22H15ClF2N2O2. The van der Waals surface area contributed by atoms with Crippen LogP contribution < -0.4 is 10.3 Å². The van der Waals surface area contributed by atoms with Crippen LogP contribution in [0.2, 0.25) is 0 Å². The number of fused-ring (bicyclic) bond motifs is 1. The Kier molecular flexibility index (Phi) is 5.27. The smallest absolute Gasteiger partial charge is 0.252 e. The maximum absolute atomic E-state index is 13.8. The Balaban J connectivity index is 1.67. The number of halogens is 3. The molecule has 29 heavy (non-hydrogen) atoms. The summed E-state index contributed by atoms with van der Waals surface area (Å²) in [6.45, 7) is -0.102. The van der Waals surface area contributed by atoms with E-state index in [2.05, 4.69) is 9.97 Å². The van der Waals surface area contributed by atoms with E-state index < -0.39 is 17.0 Å². The van der Waals surface area contributed by atoms with Crippen molar-refractivity contribution in [3.05, 3.63) is 106 Å². The molecule has 0 fully saturated rings. The number of H-pyrrole nitrogens is 1. The van der Waals surface area contributed by atoms with Gasteiger partial charge in [-0.1, -0.05) is 24.3 Å². The van der Waals surface area contributed by atoms with Crippen LogP contribution in [0.1, 0.15) is 22.1 Å². The molecule has 1 unspecified atom stereocenters. The van der Waals surface area contributed by atoms with E-state index in [0.29, 0.717) is 5.56 Å². The number of alkyl halides is 1. The summed E-state index contributed by atoms with van der Waals surface area (Å²) in [7, 11) is 0. The van der Waals surface area contributed by atoms with Crippen molar-refractivity contribution in [2.45, 2.75) is 12.0 Å². The number of nitrogens with zero attached hydrogens (tertiary/aromatic N) is 1. The lowest BCUT2D eigenvalue weighted by Gasteiger charge is -2.14. The van der Waals surface area contributed by atoms with Crippen LogP contribution in [0.5, 0.6) is 5.88 Å². The summed E-state index contributed by atoms with van der Waals surface area (Å²) in [5.74, 6) is -1.07. The highest BCUT2D eigenvalue weighted by Crippen LogP contribution is 2.33. The summed E-state index contributed by atoms with van der Waals surface area (Å²) in [6, 6.07) is 13.9. The molecule has 4 nitrogen and oxygen atoms in total. The fraction of sp³-hybridized carbons (Fsp3) is 0.0909. The van der Waals surface area contributed by atoms with E-state index in [4.69, 9.17) is 16.3 Å². The lowest BCUT2D eigenvalue weighted by atomic mass is 10.00. The number of pyridine rings is 2. The first-order valence-electron chi connectivity index (χ1n) is 8.80. The second-order valence-electron chi connectivity index (χ2n) is 6.43. The molecule has 0 amide bonds. The molecule has 0 aliphatic heterocycles. The lowest BCUT2D eigenvalue weighted by Crippen LogP contribution is -2.13. The van der Waals surface area contributed by atoms with Gasteiger partial charge < -0.3 is 9.72 Å². The van der Waals surface area contributed by atoms with E-state index in [-0.39, 0.29) is 23.6 Å². The van der Waals surface area contributed by atoms with Gasteiger partial charge in [-0.15, -0.1) is 11.6 Å². The Morgan fingerprint density at radius 2 is 1.90 bits per heavy atom. The third-order valence-corrected chi connectivity index (χ3v) is 5.03. The monoisotopic (exact) mass is 412 g/mol. The number of rotatable bonds is 5. The standard InChI is InChI=1S/C22H15ClF2N2O2/c23-21(17-5-2-8-26-22(17)28)16-4-1-3-13-11-27-20(10-18(13)16)29-12-14-6-7-15(24)9-19(14)25/h1-11,21H,12H2,(H,26,28). The SMILES string of the molecule is O=c1[nH]cccc1C(Cl)c1cccc2cnc(OCc3ccc(F)cc3F)cc12. The molecule has 4 rings (SSSR count). The van der Waals surface area contributed by atoms with Crippen molar-refractivity contribution in [3.8, 4) is 5.88 Å². The van der Waals surface area contributed by atoms with Gasteiger partial charge in [0.1, 0.15) is 18.2 Å². The topological polar surface area (TPSA) is 55.0 Å². The van der Waals surface area contributed by atoms with Crippen LogP contribution in [0, 0.1) is 11.6 Å². The molecule has 0 aliphatic carbocycles. The average molecular weight is 413 g/mol. The highest BCUT2D eigenvalue weighted by atomic mass is 35.5. The minimum atomic E-state index is -0.685. The Morgan fingerprint density at radius 1 is 1.07 bits per heavy atom. The lowest BCUT2D eigenvalue weighted by molar-refractivity contribution is 0.288. The summed E-state index contributed by atoms with van der Waals surface area (Å²) in [5.41, 5.74) is 1.10. The fourth-order valence-corrected chi connectivity index (χ4v) is 3.43. The predicted molar refractivity (Wildman–Crippen MR) is 107 cm³/mol. The van der Waals surface area contributed by atoms with Gasteiger partial charge in [-0.3, -0.25) is 4.79 Å². The van der Waals surface area contributed by atoms with Crippen molar-refractivity contribution in [3.63, 3.8) is 0 Å². The molecule has 7 heteroatoms. The molecule has 1 N–H and O–H groups in total. The van der Waals surface area contributed by atoms with E-state index in [1.165, 1.54) is 12.1 Å². The summed E-state index contributed by atoms with van der Waals surface area (Å²) >= 11 is 6.61. The molecule has 0 saturated carbocycles. The van der Waals surface area contributed by atoms with Gasteiger partial charge in [0.05, 0.1) is 5.38 Å². The van der Waals surface area contributed by atoms with Crippen LogP contribution in [0.4, 0.5) is 8.78 Å². The highest BCUT2D eigenvalue weighted by molar-refractivity contribution is 6.23. The van der Waals surface area contributed by atoms with Gasteiger partial charge in [0.2, 0.25) is 5.88 Å². The van der Waals surface area contributed by atoms with Gasteiger partial charge in [-0.05, 0) is 29.1 Å². The second-order valence-corrected chi connectivity index (χ2v) is 6.87. The van der Waals surface area contributed by atoms with Gasteiger partial charge in [-0.2, -0.15) is 0 Å². The predicted octanol–water partition coefficient (Wildman–Crippen LogP) is 5.11. The molecule has 2 aromatic carbocycles. The van der Waals surface area contributed by atoms with E-state index in [1.54, 1.807) is 30.6 Å². The Morgan fingerprint density at radius 3 is 2.69 bits per heavy atom. The maximum Gasteiger partial charge on any atom is 0.252 e. The van der Waals surface area contributed by atoms with Crippen molar-refractivity contribution >= 4 is 22.4 Å². The van der Waals surface area contributed by atoms with Crippen molar-refractivity contribution < 1.29 is 13.5 Å². The molecule has 2 aromatic heterocycles. The third-order valence-electron chi connectivity index (χ3n) is 4.56. The fourth-order valence-electron chi connectivity index (χ4n) is 3.07. The first-order valence-corrected chi connectivity index (χ1v) is 9.23. The van der Waals surface area contributed by atoms with Gasteiger partial charge >= 0.3 is 0 Å². The van der Waals surface area contributed by atoms with Crippen molar-refractivity contribution in [2.24, 2.45) is 0 Å². The molecular weight excluding hydrogens is 398 g/mol. The summed E-state index contributed by atoms with van der Waals surface area (Å²) in [5, 5.41) is 0.912. The molecule has 0 radical (unpaired) electrons. The number of aromatic amines is 1. The molecule has 146 valence electrons. The number of benzene rings is 2. The van der Waals surface area contributed by atoms with Gasteiger partial charge in [0.25, 0.3) is 5.56 Å². The first kappa shape index (κ1) is 19.1. The number of nitrogens with one attached hydrogen (secondary N) is 1. The van der Waals surface area contributed by atoms with Crippen LogP contribution in [0.15, 0.2) is 71.8 Å². The van der Waals surface area contributed by atoms with Crippen molar-refractivity contribution in [1.29, 1.82) is 0 Å². The highest BCUT2D eigenvalue weighted by Gasteiger charge is 2.17. The zero-order valence-electron chi connectivity index (χ0n) is 15.0. The molecule has 0 saturated heterocycles. The van der Waals surface area contributed by atoms with E-state index >= 15 is 0 Å². The zero-order chi connectivity index (χ0) is 20.4. The Hall–Kier alpha value is -3.25. The Bertz CT molecular complexity index is 1240. The number of aromatic nitrogens is 2. The van der Waals surface area contributed by atoms with Crippen LogP contribution in [-0.4, -0.2) is 9.97 Å². The van der Waals surface area contributed by atoms with E-state index in [0.717, 1.165) is 22.4 Å². The summed E-state index contributed by atoms with van der Waals surface area (Å²) < 4.78 is 32.5. The first-order chi connectivity index (χ1) is 14.0. The van der Waals surface area contributed by atoms with Crippen LogP contribution >= 0.6 is 11.6 Å². The molecule has 4 aromatic rings. The Labute approximate surface area is 169 Å². The largest absolute Gasteiger partial charge is 0.473 e. The van der Waals surface area contributed by atoms with Gasteiger partial charge in [0.15, 0.2) is 0 Å². The van der Waals surface area contributed by atoms with Gasteiger partial charge in [-0.25, -0.2) is 13.8 Å². The minimum Gasteiger partial charge on any atom is -0.473 e. The van der Waals surface area contributed by atoms with Crippen molar-refractivity contribution in [2.75, 3.05) is 0 Å². The number of ether oxygens (including phenoxy) is 1. The van der Waals surface area contributed by atoms with Crippen LogP contribution in [-0.2, 0) is 6.61 Å². The molecule has 1 atom stereocenters. The molecule has 2 heterocycles. The van der Waals surface area contributed by atoms with Crippen LogP contribution in [0.25, 0.3) is 10.8 Å². The van der Waals surface area contributed by atoms with E-state index in [9.17, 15) is 13.6 Å². The number of hydrogen-bond acceptors (Lipinski definition) is 3. The third kappa shape index (κ3) is 3.98. The summed E-state index contributed by atoms with van der Waals surface area (Å²) in [4.78, 5) is 19.0. The zero-order valence-corrected chi connectivity index (χ0v) is 15.8. The normalized spacial score (nSPS) is 12.1. The van der Waals surface area contributed by atoms with Gasteiger partial charge in [0, 0.05) is 41.0 Å². The number of hydrogen-bond donors (Lipinski definition) is 1. The summed E-state index contributed by atoms with van der Waals surface area (Å²) in [6.07, 6.45) is 3.16. The maximum atomic E-state index is 13.8. The molecule has 0 bridgehead atoms.